The van der Waals surface area contributed by atoms with Gasteiger partial charge in [0, 0.05) is 19.5 Å². The predicted octanol–water partition coefficient (Wildman–Crippen LogP) is 3.40. The molecule has 2 rings (SSSR count). The van der Waals surface area contributed by atoms with Crippen molar-refractivity contribution in [2.75, 3.05) is 13.7 Å². The summed E-state index contributed by atoms with van der Waals surface area (Å²) in [4.78, 5) is 26.9. The van der Waals surface area contributed by atoms with Crippen LogP contribution in [-0.4, -0.2) is 42.6 Å². The van der Waals surface area contributed by atoms with Gasteiger partial charge in [0.1, 0.15) is 6.04 Å². The van der Waals surface area contributed by atoms with Gasteiger partial charge >= 0.3 is 6.09 Å². The molecule has 1 atom stereocenters. The molecule has 6 heteroatoms. The standard InChI is InChI=1S/C21H29N3O3/c1-3-4-13-27-21(26)23-19(14-16-9-11-17(15-22)12-10-16)20(25)24(2)18-7-5-6-8-18/h9-12,18-19H,3-8,13-14H2,1-2H3,(H,23,26)/t19-/m0/s1. The lowest BCUT2D eigenvalue weighted by molar-refractivity contribution is -0.134. The fourth-order valence-corrected chi connectivity index (χ4v) is 3.36. The predicted molar refractivity (Wildman–Crippen MR) is 103 cm³/mol. The Morgan fingerprint density at radius 1 is 1.30 bits per heavy atom. The minimum atomic E-state index is -0.683. The van der Waals surface area contributed by atoms with Crippen LogP contribution in [0.25, 0.3) is 0 Å². The van der Waals surface area contributed by atoms with Crippen molar-refractivity contribution in [3.63, 3.8) is 0 Å². The average molecular weight is 371 g/mol. The SMILES string of the molecule is CCCCOC(=O)N[C@@H](Cc1ccc(C#N)cc1)C(=O)N(C)C1CCCC1. The van der Waals surface area contributed by atoms with Crippen LogP contribution >= 0.6 is 0 Å². The smallest absolute Gasteiger partial charge is 0.407 e. The molecular weight excluding hydrogens is 342 g/mol. The van der Waals surface area contributed by atoms with E-state index in [9.17, 15) is 9.59 Å². The number of alkyl carbamates (subject to hydrolysis) is 1. The second-order valence-corrected chi connectivity index (χ2v) is 7.09. The molecule has 1 aromatic carbocycles. The number of carbonyl (C=O) groups excluding carboxylic acids is 2. The van der Waals surface area contributed by atoms with Crippen molar-refractivity contribution in [2.45, 2.75) is 64.0 Å². The number of benzene rings is 1. The van der Waals surface area contributed by atoms with E-state index in [-0.39, 0.29) is 11.9 Å². The Kier molecular flexibility index (Phi) is 8.12. The third kappa shape index (κ3) is 6.28. The van der Waals surface area contributed by atoms with Gasteiger partial charge in [-0.2, -0.15) is 5.26 Å². The van der Waals surface area contributed by atoms with Gasteiger partial charge in [-0.05, 0) is 37.0 Å². The second kappa shape index (κ2) is 10.6. The number of hydrogen-bond acceptors (Lipinski definition) is 4. The highest BCUT2D eigenvalue weighted by molar-refractivity contribution is 5.86. The number of carbonyl (C=O) groups is 2. The maximum Gasteiger partial charge on any atom is 0.407 e. The minimum Gasteiger partial charge on any atom is -0.450 e. The monoisotopic (exact) mass is 371 g/mol. The molecule has 146 valence electrons. The van der Waals surface area contributed by atoms with E-state index in [1.807, 2.05) is 26.1 Å². The van der Waals surface area contributed by atoms with Crippen LogP contribution < -0.4 is 5.32 Å². The summed E-state index contributed by atoms with van der Waals surface area (Å²) in [5.74, 6) is -0.0984. The molecule has 27 heavy (non-hydrogen) atoms. The molecule has 2 amide bonds. The van der Waals surface area contributed by atoms with E-state index >= 15 is 0 Å². The van der Waals surface area contributed by atoms with Crippen molar-refractivity contribution in [1.82, 2.24) is 10.2 Å². The van der Waals surface area contributed by atoms with Gasteiger partial charge in [-0.3, -0.25) is 4.79 Å². The van der Waals surface area contributed by atoms with Gasteiger partial charge < -0.3 is 15.0 Å². The summed E-state index contributed by atoms with van der Waals surface area (Å²) in [6.45, 7) is 2.37. The van der Waals surface area contributed by atoms with E-state index in [2.05, 4.69) is 11.4 Å². The van der Waals surface area contributed by atoms with Crippen molar-refractivity contribution >= 4 is 12.0 Å². The molecule has 0 bridgehead atoms. The number of amides is 2. The van der Waals surface area contributed by atoms with Crippen molar-refractivity contribution in [1.29, 1.82) is 5.26 Å². The van der Waals surface area contributed by atoms with Gasteiger partial charge in [-0.1, -0.05) is 38.3 Å². The van der Waals surface area contributed by atoms with Crippen LogP contribution in [0.4, 0.5) is 4.79 Å². The Bertz CT molecular complexity index is 660. The largest absolute Gasteiger partial charge is 0.450 e. The fourth-order valence-electron chi connectivity index (χ4n) is 3.36. The lowest BCUT2D eigenvalue weighted by Gasteiger charge is -2.29. The highest BCUT2D eigenvalue weighted by Crippen LogP contribution is 2.23. The molecule has 0 unspecified atom stereocenters. The number of ether oxygens (including phenoxy) is 1. The molecule has 1 aliphatic rings. The number of likely N-dealkylation sites (N-methyl/N-ethyl adjacent to an activating group) is 1. The summed E-state index contributed by atoms with van der Waals surface area (Å²) in [6.07, 6.45) is 5.82. The maximum absolute atomic E-state index is 13.0. The van der Waals surface area contributed by atoms with Gasteiger partial charge in [0.05, 0.1) is 18.2 Å². The molecule has 0 aliphatic heterocycles. The summed E-state index contributed by atoms with van der Waals surface area (Å²) in [6, 6.07) is 8.71. The zero-order chi connectivity index (χ0) is 19.6. The van der Waals surface area contributed by atoms with Crippen LogP contribution in [-0.2, 0) is 16.0 Å². The van der Waals surface area contributed by atoms with E-state index < -0.39 is 12.1 Å². The Labute approximate surface area is 161 Å². The number of nitrogens with one attached hydrogen (secondary N) is 1. The van der Waals surface area contributed by atoms with Crippen LogP contribution in [0.5, 0.6) is 0 Å². The van der Waals surface area contributed by atoms with Gasteiger partial charge in [0.15, 0.2) is 0 Å². The Balaban J connectivity index is 2.07. The van der Waals surface area contributed by atoms with Crippen molar-refractivity contribution in [2.24, 2.45) is 0 Å². The van der Waals surface area contributed by atoms with Gasteiger partial charge in [-0.25, -0.2) is 4.79 Å². The molecule has 1 fully saturated rings. The molecule has 1 N–H and O–H groups in total. The molecular formula is C21H29N3O3. The van der Waals surface area contributed by atoms with Crippen LogP contribution in [0.2, 0.25) is 0 Å². The summed E-state index contributed by atoms with van der Waals surface area (Å²) < 4.78 is 5.18. The molecule has 6 nitrogen and oxygen atoms in total. The first-order valence-corrected chi connectivity index (χ1v) is 9.74. The highest BCUT2D eigenvalue weighted by atomic mass is 16.5. The molecule has 1 aliphatic carbocycles. The first kappa shape index (κ1) is 20.8. The molecule has 0 aromatic heterocycles. The third-order valence-electron chi connectivity index (χ3n) is 5.06. The number of hydrogen-bond donors (Lipinski definition) is 1. The molecule has 0 spiro atoms. The normalized spacial score (nSPS) is 15.0. The average Bonchev–Trinajstić information content (AvgIpc) is 3.22. The van der Waals surface area contributed by atoms with Gasteiger partial charge in [-0.15, -0.1) is 0 Å². The lowest BCUT2D eigenvalue weighted by Crippen LogP contribution is -2.51. The summed E-state index contributed by atoms with van der Waals surface area (Å²) in [5.41, 5.74) is 1.46. The minimum absolute atomic E-state index is 0.0984. The first-order chi connectivity index (χ1) is 13.0. The summed E-state index contributed by atoms with van der Waals surface area (Å²) >= 11 is 0. The molecule has 0 radical (unpaired) electrons. The van der Waals surface area contributed by atoms with Gasteiger partial charge in [0.2, 0.25) is 5.91 Å². The summed E-state index contributed by atoms with van der Waals surface area (Å²) in [5, 5.41) is 11.7. The lowest BCUT2D eigenvalue weighted by atomic mass is 10.0. The first-order valence-electron chi connectivity index (χ1n) is 9.74. The molecule has 0 saturated heterocycles. The van der Waals surface area contributed by atoms with Crippen LogP contribution in [0, 0.1) is 11.3 Å². The second-order valence-electron chi connectivity index (χ2n) is 7.09. The van der Waals surface area contributed by atoms with Crippen LogP contribution in [0.1, 0.15) is 56.6 Å². The summed E-state index contributed by atoms with van der Waals surface area (Å²) in [7, 11) is 1.81. The maximum atomic E-state index is 13.0. The number of nitriles is 1. The van der Waals surface area contributed by atoms with Crippen molar-refractivity contribution in [3.8, 4) is 6.07 Å². The molecule has 1 saturated carbocycles. The van der Waals surface area contributed by atoms with Crippen molar-refractivity contribution < 1.29 is 14.3 Å². The molecule has 1 aromatic rings. The zero-order valence-electron chi connectivity index (χ0n) is 16.2. The number of unbranched alkanes of at least 4 members (excludes halogenated alkanes) is 1. The van der Waals surface area contributed by atoms with E-state index in [0.717, 1.165) is 44.1 Å². The number of nitrogens with zero attached hydrogens (tertiary/aromatic N) is 2. The number of rotatable bonds is 8. The fraction of sp³-hybridized carbons (Fsp3) is 0.571. The van der Waals surface area contributed by atoms with E-state index in [4.69, 9.17) is 10.00 Å². The van der Waals surface area contributed by atoms with E-state index in [1.54, 1.807) is 17.0 Å². The van der Waals surface area contributed by atoms with E-state index in [0.29, 0.717) is 18.6 Å². The molecule has 0 heterocycles. The highest BCUT2D eigenvalue weighted by Gasteiger charge is 2.30. The Morgan fingerprint density at radius 2 is 1.96 bits per heavy atom. The Hall–Kier alpha value is -2.55. The van der Waals surface area contributed by atoms with Gasteiger partial charge in [0.25, 0.3) is 0 Å². The van der Waals surface area contributed by atoms with Crippen LogP contribution in [0.15, 0.2) is 24.3 Å². The van der Waals surface area contributed by atoms with Crippen LogP contribution in [0.3, 0.4) is 0 Å². The quantitative estimate of drug-likeness (QED) is 0.710. The zero-order valence-corrected chi connectivity index (χ0v) is 16.2. The topological polar surface area (TPSA) is 82.4 Å². The van der Waals surface area contributed by atoms with E-state index in [1.165, 1.54) is 0 Å². The third-order valence-corrected chi connectivity index (χ3v) is 5.06. The Morgan fingerprint density at radius 3 is 2.56 bits per heavy atom. The van der Waals surface area contributed by atoms with Crippen molar-refractivity contribution in [3.05, 3.63) is 35.4 Å².